The fraction of sp³-hybridized carbons (Fsp3) is 0.682. The van der Waals surface area contributed by atoms with Crippen LogP contribution in [0.1, 0.15) is 62.8 Å². The van der Waals surface area contributed by atoms with Gasteiger partial charge >= 0.3 is 5.97 Å². The molecule has 4 nitrogen and oxygen atoms in total. The molecule has 0 aliphatic heterocycles. The summed E-state index contributed by atoms with van der Waals surface area (Å²) in [5, 5.41) is 13.0. The van der Waals surface area contributed by atoms with Crippen LogP contribution in [0.5, 0.6) is 0 Å². The maximum Gasteiger partial charge on any atom is 0.317 e. The van der Waals surface area contributed by atoms with E-state index in [1.54, 1.807) is 0 Å². The van der Waals surface area contributed by atoms with Crippen LogP contribution in [0, 0.1) is 5.92 Å². The van der Waals surface area contributed by atoms with Crippen LogP contribution >= 0.6 is 0 Å². The summed E-state index contributed by atoms with van der Waals surface area (Å²) in [6.45, 7) is 1.21. The highest BCUT2D eigenvalue weighted by Gasteiger charge is 2.38. The number of aliphatic carboxylic acids is 1. The Hall–Kier alpha value is -1.39. The molecule has 3 aliphatic carbocycles. The Balaban J connectivity index is 1.19. The second-order valence-electron chi connectivity index (χ2n) is 8.71. The number of hydrogen-bond acceptors (Lipinski definition) is 3. The summed E-state index contributed by atoms with van der Waals surface area (Å²) in [6.07, 6.45) is 9.92. The SMILES string of the molecule is O=C(O)CN(CC1CC1)C1CC(NC2CCC(c3ccccc3)CC2)C1. The first-order valence-corrected chi connectivity index (χ1v) is 10.4. The molecule has 0 unspecified atom stereocenters. The average molecular weight is 357 g/mol. The van der Waals surface area contributed by atoms with Crippen LogP contribution in [0.15, 0.2) is 30.3 Å². The van der Waals surface area contributed by atoms with Crippen LogP contribution in [0.4, 0.5) is 0 Å². The molecule has 0 spiro atoms. The fourth-order valence-corrected chi connectivity index (χ4v) is 4.82. The molecule has 3 fully saturated rings. The molecule has 3 aliphatic rings. The molecule has 0 amide bonds. The molecule has 0 aromatic heterocycles. The van der Waals surface area contributed by atoms with Crippen molar-refractivity contribution in [2.75, 3.05) is 13.1 Å². The van der Waals surface area contributed by atoms with E-state index in [0.717, 1.165) is 31.2 Å². The zero-order valence-corrected chi connectivity index (χ0v) is 15.6. The lowest BCUT2D eigenvalue weighted by Crippen LogP contribution is -2.56. The zero-order valence-electron chi connectivity index (χ0n) is 15.6. The molecule has 1 aromatic rings. The number of carboxylic acid groups (broad SMARTS) is 1. The summed E-state index contributed by atoms with van der Waals surface area (Å²) >= 11 is 0. The van der Waals surface area contributed by atoms with Crippen molar-refractivity contribution in [3.63, 3.8) is 0 Å². The van der Waals surface area contributed by atoms with Crippen LogP contribution in [-0.2, 0) is 4.79 Å². The zero-order chi connectivity index (χ0) is 17.9. The van der Waals surface area contributed by atoms with Crippen LogP contribution in [0.2, 0.25) is 0 Å². The quantitative estimate of drug-likeness (QED) is 0.747. The second kappa shape index (κ2) is 8.10. The van der Waals surface area contributed by atoms with Gasteiger partial charge in [-0.05, 0) is 68.8 Å². The Bertz CT molecular complexity index is 587. The molecule has 0 atom stereocenters. The largest absolute Gasteiger partial charge is 0.480 e. The van der Waals surface area contributed by atoms with Gasteiger partial charge in [-0.3, -0.25) is 9.69 Å². The van der Waals surface area contributed by atoms with Gasteiger partial charge in [0.2, 0.25) is 0 Å². The molecule has 4 heteroatoms. The van der Waals surface area contributed by atoms with Crippen molar-refractivity contribution in [2.45, 2.75) is 75.4 Å². The maximum absolute atomic E-state index is 11.1. The van der Waals surface area contributed by atoms with Crippen molar-refractivity contribution in [2.24, 2.45) is 5.92 Å². The van der Waals surface area contributed by atoms with Gasteiger partial charge in [0.1, 0.15) is 0 Å². The molecule has 2 N–H and O–H groups in total. The number of nitrogens with one attached hydrogen (secondary N) is 1. The predicted octanol–water partition coefficient (Wildman–Crippen LogP) is 3.63. The Morgan fingerprint density at radius 3 is 2.31 bits per heavy atom. The van der Waals surface area contributed by atoms with Crippen LogP contribution < -0.4 is 5.32 Å². The number of nitrogens with zero attached hydrogens (tertiary/aromatic N) is 1. The molecular weight excluding hydrogens is 324 g/mol. The van der Waals surface area contributed by atoms with Gasteiger partial charge in [-0.1, -0.05) is 30.3 Å². The van der Waals surface area contributed by atoms with Gasteiger partial charge in [0, 0.05) is 24.7 Å². The standard InChI is InChI=1S/C22H32N2O2/c25-22(26)15-24(14-16-6-7-16)21-12-20(13-21)23-19-10-8-18(9-11-19)17-4-2-1-3-5-17/h1-5,16,18-21,23H,6-15H2,(H,25,26). The monoisotopic (exact) mass is 356 g/mol. The Morgan fingerprint density at radius 2 is 1.69 bits per heavy atom. The van der Waals surface area contributed by atoms with Gasteiger partial charge < -0.3 is 10.4 Å². The lowest BCUT2D eigenvalue weighted by atomic mass is 9.79. The minimum Gasteiger partial charge on any atom is -0.480 e. The highest BCUT2D eigenvalue weighted by molar-refractivity contribution is 5.69. The van der Waals surface area contributed by atoms with E-state index in [9.17, 15) is 9.90 Å². The number of benzene rings is 1. The molecule has 3 saturated carbocycles. The molecular formula is C22H32N2O2. The maximum atomic E-state index is 11.1. The fourth-order valence-electron chi connectivity index (χ4n) is 4.82. The third kappa shape index (κ3) is 4.66. The molecule has 0 heterocycles. The van der Waals surface area contributed by atoms with E-state index >= 15 is 0 Å². The third-order valence-corrected chi connectivity index (χ3v) is 6.63. The van der Waals surface area contributed by atoms with Gasteiger partial charge in [-0.15, -0.1) is 0 Å². The van der Waals surface area contributed by atoms with E-state index in [4.69, 9.17) is 0 Å². The average Bonchev–Trinajstić information content (AvgIpc) is 3.42. The number of hydrogen-bond donors (Lipinski definition) is 2. The van der Waals surface area contributed by atoms with Crippen LogP contribution in [0.25, 0.3) is 0 Å². The number of carboxylic acids is 1. The van der Waals surface area contributed by atoms with Crippen LogP contribution in [-0.4, -0.2) is 47.2 Å². The van der Waals surface area contributed by atoms with Crippen molar-refractivity contribution in [3.8, 4) is 0 Å². The Kier molecular flexibility index (Phi) is 5.60. The normalized spacial score (nSPS) is 31.6. The summed E-state index contributed by atoms with van der Waals surface area (Å²) in [5.74, 6) is 0.809. The van der Waals surface area contributed by atoms with E-state index < -0.39 is 5.97 Å². The van der Waals surface area contributed by atoms with E-state index in [-0.39, 0.29) is 6.54 Å². The van der Waals surface area contributed by atoms with E-state index in [1.807, 2.05) is 0 Å². The third-order valence-electron chi connectivity index (χ3n) is 6.63. The molecule has 0 radical (unpaired) electrons. The van der Waals surface area contributed by atoms with Crippen LogP contribution in [0.3, 0.4) is 0 Å². The topological polar surface area (TPSA) is 52.6 Å². The van der Waals surface area contributed by atoms with Crippen molar-refractivity contribution in [3.05, 3.63) is 35.9 Å². The van der Waals surface area contributed by atoms with Gasteiger partial charge in [-0.2, -0.15) is 0 Å². The lowest BCUT2D eigenvalue weighted by molar-refractivity contribution is -0.139. The Morgan fingerprint density at radius 1 is 1.00 bits per heavy atom. The number of carbonyl (C=O) groups is 1. The predicted molar refractivity (Wildman–Crippen MR) is 103 cm³/mol. The Labute approximate surface area is 157 Å². The summed E-state index contributed by atoms with van der Waals surface area (Å²) < 4.78 is 0. The van der Waals surface area contributed by atoms with Crippen molar-refractivity contribution in [1.29, 1.82) is 0 Å². The smallest absolute Gasteiger partial charge is 0.317 e. The minimum absolute atomic E-state index is 0.218. The van der Waals surface area contributed by atoms with E-state index in [1.165, 1.54) is 44.1 Å². The van der Waals surface area contributed by atoms with Crippen molar-refractivity contribution < 1.29 is 9.90 Å². The van der Waals surface area contributed by atoms with Crippen molar-refractivity contribution >= 4 is 5.97 Å². The van der Waals surface area contributed by atoms with Gasteiger partial charge in [0.15, 0.2) is 0 Å². The first kappa shape index (κ1) is 18.0. The second-order valence-corrected chi connectivity index (χ2v) is 8.71. The minimum atomic E-state index is -0.679. The van der Waals surface area contributed by atoms with E-state index in [0.29, 0.717) is 18.1 Å². The number of rotatable bonds is 8. The first-order chi connectivity index (χ1) is 12.7. The summed E-state index contributed by atoms with van der Waals surface area (Å²) in [5.41, 5.74) is 1.50. The highest BCUT2D eigenvalue weighted by Crippen LogP contribution is 2.36. The van der Waals surface area contributed by atoms with Gasteiger partial charge in [-0.25, -0.2) is 0 Å². The molecule has 26 heavy (non-hydrogen) atoms. The molecule has 0 saturated heterocycles. The molecule has 1 aromatic carbocycles. The summed E-state index contributed by atoms with van der Waals surface area (Å²) in [4.78, 5) is 13.4. The van der Waals surface area contributed by atoms with Gasteiger partial charge in [0.05, 0.1) is 6.54 Å². The lowest BCUT2D eigenvalue weighted by Gasteiger charge is -2.45. The highest BCUT2D eigenvalue weighted by atomic mass is 16.4. The summed E-state index contributed by atoms with van der Waals surface area (Å²) in [7, 11) is 0. The molecule has 4 rings (SSSR count). The molecule has 0 bridgehead atoms. The van der Waals surface area contributed by atoms with Gasteiger partial charge in [0.25, 0.3) is 0 Å². The summed E-state index contributed by atoms with van der Waals surface area (Å²) in [6, 6.07) is 12.7. The van der Waals surface area contributed by atoms with Crippen molar-refractivity contribution in [1.82, 2.24) is 10.2 Å². The van der Waals surface area contributed by atoms with E-state index in [2.05, 4.69) is 40.5 Å². The first-order valence-electron chi connectivity index (χ1n) is 10.4. The molecule has 142 valence electrons.